The van der Waals surface area contributed by atoms with Crippen LogP contribution >= 0.6 is 0 Å². The maximum Gasteiger partial charge on any atom is 0.163 e. The van der Waals surface area contributed by atoms with Gasteiger partial charge >= 0.3 is 0 Å². The fraction of sp³-hybridized carbons (Fsp3) is 0.462. The Hall–Kier alpha value is -1.21. The number of carbonyl (C=O) groups excluding carboxylic acids is 1. The Morgan fingerprint density at radius 1 is 1.25 bits per heavy atom. The maximum absolute atomic E-state index is 11.6. The molecule has 0 aromatic heterocycles. The van der Waals surface area contributed by atoms with Gasteiger partial charge in [0, 0.05) is 22.8 Å². The predicted molar refractivity (Wildman–Crippen MR) is 79.5 cm³/mol. The second kappa shape index (κ2) is 7.54. The zero-order valence-corrected chi connectivity index (χ0v) is 13.1. The highest BCUT2D eigenvalue weighted by molar-refractivity contribution is 7.92. The minimum atomic E-state index is -3.09. The molecule has 0 bridgehead atoms. The molecule has 0 N–H and O–H groups in total. The van der Waals surface area contributed by atoms with E-state index >= 15 is 0 Å². The van der Waals surface area contributed by atoms with Gasteiger partial charge in [-0.05, 0) is 19.1 Å². The van der Waals surface area contributed by atoms with Crippen molar-refractivity contribution >= 4 is 26.4 Å². The SMILES string of the molecule is CC(=O)c1ccccc1OCCS(=O)CCS(C)(=O)=O. The number of benzene rings is 1. The molecule has 0 aliphatic carbocycles. The van der Waals surface area contributed by atoms with Gasteiger partial charge in [0.05, 0.1) is 23.7 Å². The highest BCUT2D eigenvalue weighted by Gasteiger charge is 2.09. The van der Waals surface area contributed by atoms with Crippen LogP contribution in [0.5, 0.6) is 5.75 Å². The van der Waals surface area contributed by atoms with Gasteiger partial charge in [0.2, 0.25) is 0 Å². The van der Waals surface area contributed by atoms with Crippen molar-refractivity contribution in [1.82, 2.24) is 0 Å². The standard InChI is InChI=1S/C13H18O5S2/c1-11(14)12-5-3-4-6-13(12)18-7-8-19(15)9-10-20(2,16)17/h3-6H,7-10H2,1-2H3. The van der Waals surface area contributed by atoms with Crippen molar-refractivity contribution in [2.75, 3.05) is 30.1 Å². The van der Waals surface area contributed by atoms with Crippen LogP contribution in [0.4, 0.5) is 0 Å². The van der Waals surface area contributed by atoms with Crippen LogP contribution in [0.15, 0.2) is 24.3 Å². The zero-order chi connectivity index (χ0) is 15.2. The van der Waals surface area contributed by atoms with Crippen LogP contribution in [0.2, 0.25) is 0 Å². The number of rotatable bonds is 8. The molecule has 0 saturated carbocycles. The van der Waals surface area contributed by atoms with Gasteiger partial charge in [-0.3, -0.25) is 9.00 Å². The largest absolute Gasteiger partial charge is 0.492 e. The molecular formula is C13H18O5S2. The van der Waals surface area contributed by atoms with Gasteiger partial charge in [0.25, 0.3) is 0 Å². The summed E-state index contributed by atoms with van der Waals surface area (Å²) in [6, 6.07) is 6.84. The molecule has 0 heterocycles. The molecule has 0 saturated heterocycles. The average Bonchev–Trinajstić information content (AvgIpc) is 2.36. The van der Waals surface area contributed by atoms with E-state index in [9.17, 15) is 17.4 Å². The third-order valence-corrected chi connectivity index (χ3v) is 5.00. The van der Waals surface area contributed by atoms with Crippen LogP contribution in [-0.2, 0) is 20.6 Å². The number of para-hydroxylation sites is 1. The van der Waals surface area contributed by atoms with E-state index in [2.05, 4.69) is 0 Å². The van der Waals surface area contributed by atoms with E-state index in [1.807, 2.05) is 0 Å². The Labute approximate surface area is 121 Å². The Morgan fingerprint density at radius 2 is 1.90 bits per heavy atom. The normalized spacial score (nSPS) is 12.9. The molecule has 1 rings (SSSR count). The first kappa shape index (κ1) is 16.8. The van der Waals surface area contributed by atoms with Crippen LogP contribution in [0.1, 0.15) is 17.3 Å². The summed E-state index contributed by atoms with van der Waals surface area (Å²) in [5, 5.41) is 0. The summed E-state index contributed by atoms with van der Waals surface area (Å²) in [4.78, 5) is 11.4. The average molecular weight is 318 g/mol. The quantitative estimate of drug-likeness (QED) is 0.670. The first-order valence-electron chi connectivity index (χ1n) is 6.05. The molecule has 1 aromatic rings. The zero-order valence-electron chi connectivity index (χ0n) is 11.5. The van der Waals surface area contributed by atoms with Crippen LogP contribution < -0.4 is 4.74 Å². The lowest BCUT2D eigenvalue weighted by atomic mass is 10.1. The molecule has 112 valence electrons. The van der Waals surface area contributed by atoms with Gasteiger partial charge in [-0.1, -0.05) is 12.1 Å². The molecule has 7 heteroatoms. The van der Waals surface area contributed by atoms with Crippen LogP contribution in [-0.4, -0.2) is 48.5 Å². The van der Waals surface area contributed by atoms with Crippen molar-refractivity contribution in [2.45, 2.75) is 6.92 Å². The van der Waals surface area contributed by atoms with Gasteiger partial charge in [0.15, 0.2) is 5.78 Å². The summed E-state index contributed by atoms with van der Waals surface area (Å²) in [7, 11) is -4.34. The number of carbonyl (C=O) groups is 1. The van der Waals surface area contributed by atoms with E-state index in [0.29, 0.717) is 11.3 Å². The summed E-state index contributed by atoms with van der Waals surface area (Å²) >= 11 is 0. The van der Waals surface area contributed by atoms with E-state index in [0.717, 1.165) is 6.26 Å². The number of ether oxygens (including phenoxy) is 1. The fourth-order valence-corrected chi connectivity index (χ4v) is 3.90. The minimum Gasteiger partial charge on any atom is -0.492 e. The van der Waals surface area contributed by atoms with E-state index in [1.165, 1.54) is 6.92 Å². The monoisotopic (exact) mass is 318 g/mol. The Morgan fingerprint density at radius 3 is 2.50 bits per heavy atom. The van der Waals surface area contributed by atoms with Crippen molar-refractivity contribution in [3.63, 3.8) is 0 Å². The van der Waals surface area contributed by atoms with Crippen LogP contribution in [0.3, 0.4) is 0 Å². The molecule has 1 atom stereocenters. The summed E-state index contributed by atoms with van der Waals surface area (Å²) < 4.78 is 38.9. The van der Waals surface area contributed by atoms with E-state index < -0.39 is 20.6 Å². The van der Waals surface area contributed by atoms with E-state index in [4.69, 9.17) is 4.74 Å². The molecule has 0 amide bonds. The first-order chi connectivity index (χ1) is 9.29. The lowest BCUT2D eigenvalue weighted by Gasteiger charge is -2.09. The predicted octanol–water partition coefficient (Wildman–Crippen LogP) is 1.06. The first-order valence-corrected chi connectivity index (χ1v) is 9.60. The van der Waals surface area contributed by atoms with Gasteiger partial charge in [-0.2, -0.15) is 0 Å². The molecule has 0 aliphatic rings. The molecule has 20 heavy (non-hydrogen) atoms. The summed E-state index contributed by atoms with van der Waals surface area (Å²) in [5.41, 5.74) is 0.481. The smallest absolute Gasteiger partial charge is 0.163 e. The highest BCUT2D eigenvalue weighted by atomic mass is 32.2. The Bertz CT molecular complexity index is 593. The lowest BCUT2D eigenvalue weighted by Crippen LogP contribution is -2.17. The van der Waals surface area contributed by atoms with Crippen molar-refractivity contribution < 1.29 is 22.2 Å². The molecule has 5 nitrogen and oxygen atoms in total. The van der Waals surface area contributed by atoms with Gasteiger partial charge in [0.1, 0.15) is 15.6 Å². The second-order valence-corrected chi connectivity index (χ2v) is 8.33. The molecule has 1 aromatic carbocycles. The molecular weight excluding hydrogens is 300 g/mol. The number of ketones is 1. The van der Waals surface area contributed by atoms with Crippen LogP contribution in [0, 0.1) is 0 Å². The topological polar surface area (TPSA) is 77.5 Å². The molecule has 0 radical (unpaired) electrons. The number of hydrogen-bond acceptors (Lipinski definition) is 5. The third-order valence-electron chi connectivity index (χ3n) is 2.52. The maximum atomic E-state index is 11.6. The number of Topliss-reactive ketones (excluding diaryl/α,β-unsaturated/α-hetero) is 1. The molecule has 0 aliphatic heterocycles. The van der Waals surface area contributed by atoms with Crippen LogP contribution in [0.25, 0.3) is 0 Å². The molecule has 0 fully saturated rings. The summed E-state index contributed by atoms with van der Waals surface area (Å²) in [5.74, 6) is 0.612. The van der Waals surface area contributed by atoms with Gasteiger partial charge in [-0.25, -0.2) is 8.42 Å². The third kappa shape index (κ3) is 6.29. The Kier molecular flexibility index (Phi) is 6.35. The summed E-state index contributed by atoms with van der Waals surface area (Å²) in [6.07, 6.45) is 1.11. The lowest BCUT2D eigenvalue weighted by molar-refractivity contribution is 0.101. The van der Waals surface area contributed by atoms with Crippen molar-refractivity contribution in [1.29, 1.82) is 0 Å². The Balaban J connectivity index is 2.45. The number of hydrogen-bond donors (Lipinski definition) is 0. The van der Waals surface area contributed by atoms with E-state index in [1.54, 1.807) is 24.3 Å². The van der Waals surface area contributed by atoms with Crippen molar-refractivity contribution in [3.8, 4) is 5.75 Å². The fourth-order valence-electron chi connectivity index (χ4n) is 1.47. The van der Waals surface area contributed by atoms with Gasteiger partial charge in [-0.15, -0.1) is 0 Å². The van der Waals surface area contributed by atoms with Crippen molar-refractivity contribution in [2.24, 2.45) is 0 Å². The molecule has 1 unspecified atom stereocenters. The van der Waals surface area contributed by atoms with Crippen molar-refractivity contribution in [3.05, 3.63) is 29.8 Å². The van der Waals surface area contributed by atoms with E-state index in [-0.39, 0.29) is 29.6 Å². The minimum absolute atomic E-state index is 0.0936. The summed E-state index contributed by atoms with van der Waals surface area (Å²) in [6.45, 7) is 1.63. The number of sulfone groups is 1. The second-order valence-electron chi connectivity index (χ2n) is 4.38. The van der Waals surface area contributed by atoms with Gasteiger partial charge < -0.3 is 4.74 Å². The highest BCUT2D eigenvalue weighted by Crippen LogP contribution is 2.18. The molecule has 0 spiro atoms.